The van der Waals surface area contributed by atoms with Gasteiger partial charge in [-0.15, -0.1) is 11.3 Å². The quantitative estimate of drug-likeness (QED) is 0.459. The number of hydrogen-bond acceptors (Lipinski definition) is 5. The molecule has 0 aliphatic carbocycles. The highest BCUT2D eigenvalue weighted by Crippen LogP contribution is 2.31. The van der Waals surface area contributed by atoms with Crippen molar-refractivity contribution in [1.82, 2.24) is 5.43 Å². The van der Waals surface area contributed by atoms with Crippen molar-refractivity contribution in [2.45, 2.75) is 6.61 Å². The number of para-hydroxylation sites is 1. The highest BCUT2D eigenvalue weighted by molar-refractivity contribution is 7.12. The number of carbonyl (C=O) groups is 1. The second-order valence-electron chi connectivity index (χ2n) is 5.47. The number of benzene rings is 2. The molecule has 3 rings (SSSR count). The fourth-order valence-electron chi connectivity index (χ4n) is 2.31. The number of hydrogen-bond donors (Lipinski definition) is 1. The van der Waals surface area contributed by atoms with Crippen LogP contribution in [0.2, 0.25) is 5.02 Å². The van der Waals surface area contributed by atoms with E-state index in [0.717, 1.165) is 5.56 Å². The first kappa shape index (κ1) is 18.9. The lowest BCUT2D eigenvalue weighted by molar-refractivity contribution is 0.0959. The summed E-state index contributed by atoms with van der Waals surface area (Å²) in [6, 6.07) is 16.4. The molecule has 27 heavy (non-hydrogen) atoms. The van der Waals surface area contributed by atoms with E-state index in [9.17, 15) is 4.79 Å². The maximum atomic E-state index is 12.0. The Hall–Kier alpha value is -2.83. The standard InChI is InChI=1S/C20H17ClN2O3S/c1-25-17-5-2-4-15(12-22-23-20(24)18-6-3-11-27-18)19(17)26-13-14-7-9-16(21)10-8-14/h2-12H,13H2,1H3,(H,23,24)/b22-12-. The van der Waals surface area contributed by atoms with E-state index in [1.807, 2.05) is 47.8 Å². The monoisotopic (exact) mass is 400 g/mol. The number of methoxy groups -OCH3 is 1. The molecule has 7 heteroatoms. The zero-order valence-electron chi connectivity index (χ0n) is 14.5. The molecule has 1 amide bonds. The van der Waals surface area contributed by atoms with E-state index in [2.05, 4.69) is 10.5 Å². The smallest absolute Gasteiger partial charge is 0.281 e. The van der Waals surface area contributed by atoms with Crippen LogP contribution in [0.1, 0.15) is 20.8 Å². The molecule has 1 N–H and O–H groups in total. The van der Waals surface area contributed by atoms with Crippen LogP contribution in [0.4, 0.5) is 0 Å². The first-order valence-electron chi connectivity index (χ1n) is 8.08. The number of carbonyl (C=O) groups excluding carboxylic acids is 1. The topological polar surface area (TPSA) is 59.9 Å². The van der Waals surface area contributed by atoms with Crippen LogP contribution in [-0.2, 0) is 6.61 Å². The molecule has 0 spiro atoms. The first-order valence-corrected chi connectivity index (χ1v) is 9.34. The minimum atomic E-state index is -0.257. The number of nitrogens with one attached hydrogen (secondary N) is 1. The summed E-state index contributed by atoms with van der Waals surface area (Å²) >= 11 is 7.26. The Morgan fingerprint density at radius 3 is 2.70 bits per heavy atom. The van der Waals surface area contributed by atoms with Crippen LogP contribution < -0.4 is 14.9 Å². The number of thiophene rings is 1. The molecule has 0 aliphatic rings. The van der Waals surface area contributed by atoms with Gasteiger partial charge >= 0.3 is 0 Å². The number of hydrazone groups is 1. The first-order chi connectivity index (χ1) is 13.2. The maximum absolute atomic E-state index is 12.0. The molecule has 0 aliphatic heterocycles. The lowest BCUT2D eigenvalue weighted by atomic mass is 10.2. The lowest BCUT2D eigenvalue weighted by Crippen LogP contribution is -2.16. The molecule has 0 fully saturated rings. The summed E-state index contributed by atoms with van der Waals surface area (Å²) in [5.41, 5.74) is 4.17. The predicted octanol–water partition coefficient (Wildman–Crippen LogP) is 4.75. The third kappa shape index (κ3) is 5.09. The van der Waals surface area contributed by atoms with Gasteiger partial charge in [-0.2, -0.15) is 5.10 Å². The van der Waals surface area contributed by atoms with E-state index in [1.54, 1.807) is 19.2 Å². The van der Waals surface area contributed by atoms with Crippen LogP contribution in [0.3, 0.4) is 0 Å². The molecule has 0 unspecified atom stereocenters. The second kappa shape index (κ2) is 9.21. The Kier molecular flexibility index (Phi) is 6.46. The van der Waals surface area contributed by atoms with E-state index in [-0.39, 0.29) is 5.91 Å². The van der Waals surface area contributed by atoms with Crippen molar-refractivity contribution < 1.29 is 14.3 Å². The van der Waals surface area contributed by atoms with Gasteiger partial charge in [0.15, 0.2) is 11.5 Å². The van der Waals surface area contributed by atoms with E-state index >= 15 is 0 Å². The Balaban J connectivity index is 1.73. The molecule has 3 aromatic rings. The Bertz CT molecular complexity index is 925. The number of halogens is 1. The van der Waals surface area contributed by atoms with Gasteiger partial charge in [0.25, 0.3) is 5.91 Å². The molecule has 1 aromatic heterocycles. The summed E-state index contributed by atoms with van der Waals surface area (Å²) in [5.74, 6) is 0.870. The number of nitrogens with zero attached hydrogens (tertiary/aromatic N) is 1. The van der Waals surface area contributed by atoms with Crippen LogP contribution in [-0.4, -0.2) is 19.2 Å². The van der Waals surface area contributed by atoms with E-state index < -0.39 is 0 Å². The SMILES string of the molecule is COc1cccc(/C=N\NC(=O)c2cccs2)c1OCc1ccc(Cl)cc1. The highest BCUT2D eigenvalue weighted by atomic mass is 35.5. The van der Waals surface area contributed by atoms with Crippen molar-refractivity contribution in [3.05, 3.63) is 81.0 Å². The fourth-order valence-corrected chi connectivity index (χ4v) is 3.05. The number of rotatable bonds is 7. The molecular weight excluding hydrogens is 384 g/mol. The van der Waals surface area contributed by atoms with Crippen LogP contribution in [0.5, 0.6) is 11.5 Å². The number of amides is 1. The zero-order chi connectivity index (χ0) is 19.1. The summed E-state index contributed by atoms with van der Waals surface area (Å²) in [6.07, 6.45) is 1.53. The molecule has 0 atom stereocenters. The largest absolute Gasteiger partial charge is 0.493 e. The summed E-state index contributed by atoms with van der Waals surface area (Å²) < 4.78 is 11.3. The van der Waals surface area contributed by atoms with Crippen LogP contribution in [0, 0.1) is 0 Å². The molecule has 0 saturated carbocycles. The van der Waals surface area contributed by atoms with Crippen molar-refractivity contribution >= 4 is 35.1 Å². The summed E-state index contributed by atoms with van der Waals surface area (Å²) in [6.45, 7) is 0.347. The lowest BCUT2D eigenvalue weighted by Gasteiger charge is -2.13. The molecular formula is C20H17ClN2O3S. The molecule has 2 aromatic carbocycles. The Morgan fingerprint density at radius 2 is 2.00 bits per heavy atom. The van der Waals surface area contributed by atoms with Gasteiger partial charge in [0, 0.05) is 10.6 Å². The zero-order valence-corrected chi connectivity index (χ0v) is 16.1. The van der Waals surface area contributed by atoms with E-state index in [1.165, 1.54) is 17.6 Å². The summed E-state index contributed by atoms with van der Waals surface area (Å²) in [5, 5.41) is 6.54. The van der Waals surface area contributed by atoms with Crippen LogP contribution in [0.15, 0.2) is 65.1 Å². The predicted molar refractivity (Wildman–Crippen MR) is 108 cm³/mol. The summed E-state index contributed by atoms with van der Waals surface area (Å²) in [4.78, 5) is 12.6. The van der Waals surface area contributed by atoms with Gasteiger partial charge in [-0.3, -0.25) is 4.79 Å². The molecule has 0 radical (unpaired) electrons. The van der Waals surface area contributed by atoms with Gasteiger partial charge < -0.3 is 9.47 Å². The van der Waals surface area contributed by atoms with Crippen molar-refractivity contribution in [2.24, 2.45) is 5.10 Å². The summed E-state index contributed by atoms with van der Waals surface area (Å²) in [7, 11) is 1.57. The van der Waals surface area contributed by atoms with Gasteiger partial charge in [0.05, 0.1) is 18.2 Å². The fraction of sp³-hybridized carbons (Fsp3) is 0.100. The minimum absolute atomic E-state index is 0.257. The average molecular weight is 401 g/mol. The van der Waals surface area contributed by atoms with Crippen LogP contribution in [0.25, 0.3) is 0 Å². The van der Waals surface area contributed by atoms with Crippen molar-refractivity contribution in [1.29, 1.82) is 0 Å². The third-order valence-corrected chi connectivity index (χ3v) is 4.76. The van der Waals surface area contributed by atoms with E-state index in [0.29, 0.717) is 33.6 Å². The third-order valence-electron chi connectivity index (χ3n) is 3.64. The Labute approximate surface area is 166 Å². The molecule has 0 bridgehead atoms. The van der Waals surface area contributed by atoms with Crippen molar-refractivity contribution in [3.8, 4) is 11.5 Å². The highest BCUT2D eigenvalue weighted by Gasteiger charge is 2.10. The van der Waals surface area contributed by atoms with Gasteiger partial charge in [-0.05, 0) is 41.3 Å². The number of ether oxygens (including phenoxy) is 2. The van der Waals surface area contributed by atoms with Crippen molar-refractivity contribution in [2.75, 3.05) is 7.11 Å². The van der Waals surface area contributed by atoms with E-state index in [4.69, 9.17) is 21.1 Å². The van der Waals surface area contributed by atoms with Crippen molar-refractivity contribution in [3.63, 3.8) is 0 Å². The molecule has 5 nitrogen and oxygen atoms in total. The average Bonchev–Trinajstić information content (AvgIpc) is 3.23. The van der Waals surface area contributed by atoms with Crippen LogP contribution >= 0.6 is 22.9 Å². The molecule has 138 valence electrons. The molecule has 0 saturated heterocycles. The maximum Gasteiger partial charge on any atom is 0.281 e. The van der Waals surface area contributed by atoms with Gasteiger partial charge in [-0.25, -0.2) is 5.43 Å². The van der Waals surface area contributed by atoms with Gasteiger partial charge in [0.1, 0.15) is 6.61 Å². The van der Waals surface area contributed by atoms with Gasteiger partial charge in [-0.1, -0.05) is 35.9 Å². The Morgan fingerprint density at radius 1 is 1.19 bits per heavy atom. The molecule has 1 heterocycles. The second-order valence-corrected chi connectivity index (χ2v) is 6.85. The minimum Gasteiger partial charge on any atom is -0.493 e. The normalized spacial score (nSPS) is 10.7. The van der Waals surface area contributed by atoms with Gasteiger partial charge in [0.2, 0.25) is 0 Å².